The van der Waals surface area contributed by atoms with Gasteiger partial charge < -0.3 is 10.1 Å². The van der Waals surface area contributed by atoms with E-state index in [1.165, 1.54) is 32.4 Å². The Balaban J connectivity index is 1.73. The van der Waals surface area contributed by atoms with E-state index in [0.29, 0.717) is 12.1 Å². The van der Waals surface area contributed by atoms with Crippen LogP contribution in [0.4, 0.5) is 5.69 Å². The highest BCUT2D eigenvalue weighted by atomic mass is 35.5. The van der Waals surface area contributed by atoms with Crippen molar-refractivity contribution >= 4 is 17.3 Å². The molecule has 0 amide bonds. The molecular weight excluding hydrogens is 272 g/mol. The molecule has 20 heavy (non-hydrogen) atoms. The smallest absolute Gasteiger partial charge is 0.142 e. The summed E-state index contributed by atoms with van der Waals surface area (Å²) in [6, 6.07) is 7.08. The first-order valence-electron chi connectivity index (χ1n) is 7.71. The summed E-state index contributed by atoms with van der Waals surface area (Å²) in [5.41, 5.74) is 1.05. The molecule has 2 fully saturated rings. The predicted octanol–water partition coefficient (Wildman–Crippen LogP) is 3.78. The maximum absolute atomic E-state index is 6.14. The SMILES string of the molecule is CCCOc1ccc(Cl)cc1NC1CCN2CCCC12. The van der Waals surface area contributed by atoms with Crippen LogP contribution in [-0.4, -0.2) is 36.7 Å². The number of hydrogen-bond donors (Lipinski definition) is 1. The lowest BCUT2D eigenvalue weighted by Gasteiger charge is -2.23. The zero-order valence-corrected chi connectivity index (χ0v) is 12.8. The summed E-state index contributed by atoms with van der Waals surface area (Å²) in [7, 11) is 0. The molecule has 2 atom stereocenters. The fraction of sp³-hybridized carbons (Fsp3) is 0.625. The number of nitrogens with one attached hydrogen (secondary N) is 1. The Labute approximate surface area is 126 Å². The third-order valence-electron chi connectivity index (χ3n) is 4.35. The van der Waals surface area contributed by atoms with E-state index in [9.17, 15) is 0 Å². The fourth-order valence-corrected chi connectivity index (χ4v) is 3.58. The van der Waals surface area contributed by atoms with Gasteiger partial charge in [-0.3, -0.25) is 4.90 Å². The van der Waals surface area contributed by atoms with Crippen molar-refractivity contribution in [1.82, 2.24) is 4.90 Å². The van der Waals surface area contributed by atoms with E-state index in [1.54, 1.807) is 0 Å². The standard InChI is InChI=1S/C16H23ClN2O/c1-2-10-20-16-6-5-12(17)11-14(16)18-13-7-9-19-8-3-4-15(13)19/h5-6,11,13,15,18H,2-4,7-10H2,1H3. The molecule has 1 aromatic carbocycles. The lowest BCUT2D eigenvalue weighted by atomic mass is 10.1. The highest BCUT2D eigenvalue weighted by Gasteiger charge is 2.37. The average molecular weight is 295 g/mol. The van der Waals surface area contributed by atoms with Crippen LogP contribution in [0.25, 0.3) is 0 Å². The molecule has 2 unspecified atom stereocenters. The molecule has 2 heterocycles. The third kappa shape index (κ3) is 2.89. The number of fused-ring (bicyclic) bond motifs is 1. The first-order chi connectivity index (χ1) is 9.78. The van der Waals surface area contributed by atoms with Crippen LogP contribution in [0.5, 0.6) is 5.75 Å². The average Bonchev–Trinajstić information content (AvgIpc) is 3.03. The first-order valence-corrected chi connectivity index (χ1v) is 8.08. The largest absolute Gasteiger partial charge is 0.491 e. The molecule has 0 aromatic heterocycles. The zero-order chi connectivity index (χ0) is 13.9. The third-order valence-corrected chi connectivity index (χ3v) is 4.59. The van der Waals surface area contributed by atoms with Gasteiger partial charge in [-0.15, -0.1) is 0 Å². The van der Waals surface area contributed by atoms with Crippen LogP contribution < -0.4 is 10.1 Å². The molecular formula is C16H23ClN2O. The van der Waals surface area contributed by atoms with Gasteiger partial charge in [-0.2, -0.15) is 0 Å². The molecule has 0 bridgehead atoms. The summed E-state index contributed by atoms with van der Waals surface area (Å²) in [4.78, 5) is 2.61. The van der Waals surface area contributed by atoms with E-state index in [0.717, 1.165) is 29.5 Å². The Morgan fingerprint density at radius 1 is 1.35 bits per heavy atom. The second-order valence-electron chi connectivity index (χ2n) is 5.77. The van der Waals surface area contributed by atoms with Crippen LogP contribution in [-0.2, 0) is 0 Å². The number of nitrogens with zero attached hydrogens (tertiary/aromatic N) is 1. The van der Waals surface area contributed by atoms with Crippen LogP contribution in [0.1, 0.15) is 32.6 Å². The van der Waals surface area contributed by atoms with E-state index in [2.05, 4.69) is 17.1 Å². The molecule has 110 valence electrons. The molecule has 2 aliphatic rings. The van der Waals surface area contributed by atoms with Crippen molar-refractivity contribution in [2.45, 2.75) is 44.7 Å². The number of benzene rings is 1. The van der Waals surface area contributed by atoms with Crippen LogP contribution in [0, 0.1) is 0 Å². The summed E-state index contributed by atoms with van der Waals surface area (Å²) in [5.74, 6) is 0.924. The van der Waals surface area contributed by atoms with Crippen LogP contribution in [0.3, 0.4) is 0 Å². The minimum absolute atomic E-state index is 0.528. The number of ether oxygens (including phenoxy) is 1. The Morgan fingerprint density at radius 3 is 3.10 bits per heavy atom. The highest BCUT2D eigenvalue weighted by Crippen LogP contribution is 2.34. The quantitative estimate of drug-likeness (QED) is 0.894. The summed E-state index contributed by atoms with van der Waals surface area (Å²) in [5, 5.41) is 4.44. The van der Waals surface area contributed by atoms with Crippen LogP contribution in [0.15, 0.2) is 18.2 Å². The van der Waals surface area contributed by atoms with Gasteiger partial charge in [-0.1, -0.05) is 18.5 Å². The lowest BCUT2D eigenvalue weighted by molar-refractivity contribution is 0.313. The van der Waals surface area contributed by atoms with Gasteiger partial charge in [0.25, 0.3) is 0 Å². The van der Waals surface area contributed by atoms with Gasteiger partial charge in [-0.25, -0.2) is 0 Å². The van der Waals surface area contributed by atoms with Gasteiger partial charge >= 0.3 is 0 Å². The summed E-state index contributed by atoms with van der Waals surface area (Å²) < 4.78 is 5.83. The van der Waals surface area contributed by atoms with Crippen molar-refractivity contribution in [3.05, 3.63) is 23.2 Å². The Kier molecular flexibility index (Phi) is 4.37. The van der Waals surface area contributed by atoms with Gasteiger partial charge in [0.15, 0.2) is 0 Å². The van der Waals surface area contributed by atoms with Gasteiger partial charge in [-0.05, 0) is 50.4 Å². The van der Waals surface area contributed by atoms with Crippen molar-refractivity contribution in [1.29, 1.82) is 0 Å². The maximum atomic E-state index is 6.14. The normalized spacial score (nSPS) is 25.7. The van der Waals surface area contributed by atoms with Gasteiger partial charge in [0, 0.05) is 23.7 Å². The van der Waals surface area contributed by atoms with Gasteiger partial charge in [0.1, 0.15) is 5.75 Å². The van der Waals surface area contributed by atoms with Crippen molar-refractivity contribution in [3.63, 3.8) is 0 Å². The topological polar surface area (TPSA) is 24.5 Å². The first kappa shape index (κ1) is 14.0. The molecule has 0 aliphatic carbocycles. The second kappa shape index (κ2) is 6.23. The van der Waals surface area contributed by atoms with Crippen LogP contribution in [0.2, 0.25) is 5.02 Å². The Hall–Kier alpha value is -0.930. The Morgan fingerprint density at radius 2 is 2.25 bits per heavy atom. The van der Waals surface area contributed by atoms with E-state index in [-0.39, 0.29) is 0 Å². The summed E-state index contributed by atoms with van der Waals surface area (Å²) in [6.45, 7) is 5.35. The molecule has 3 rings (SSSR count). The maximum Gasteiger partial charge on any atom is 0.142 e. The highest BCUT2D eigenvalue weighted by molar-refractivity contribution is 6.30. The molecule has 2 saturated heterocycles. The number of hydrogen-bond acceptors (Lipinski definition) is 3. The fourth-order valence-electron chi connectivity index (χ4n) is 3.40. The van der Waals surface area contributed by atoms with Crippen molar-refractivity contribution in [3.8, 4) is 5.75 Å². The minimum Gasteiger partial charge on any atom is -0.491 e. The van der Waals surface area contributed by atoms with Crippen molar-refractivity contribution < 1.29 is 4.74 Å². The number of halogens is 1. The zero-order valence-electron chi connectivity index (χ0n) is 12.1. The molecule has 0 spiro atoms. The van der Waals surface area contributed by atoms with Crippen molar-refractivity contribution in [2.75, 3.05) is 25.0 Å². The van der Waals surface area contributed by atoms with Crippen molar-refractivity contribution in [2.24, 2.45) is 0 Å². The predicted molar refractivity (Wildman–Crippen MR) is 83.9 cm³/mol. The van der Waals surface area contributed by atoms with E-state index < -0.39 is 0 Å². The minimum atomic E-state index is 0.528. The molecule has 3 nitrogen and oxygen atoms in total. The van der Waals surface area contributed by atoms with Gasteiger partial charge in [0.2, 0.25) is 0 Å². The molecule has 0 radical (unpaired) electrons. The molecule has 1 N–H and O–H groups in total. The Bertz CT molecular complexity index is 466. The van der Waals surface area contributed by atoms with Crippen LogP contribution >= 0.6 is 11.6 Å². The number of rotatable bonds is 5. The lowest BCUT2D eigenvalue weighted by Crippen LogP contribution is -2.33. The summed E-state index contributed by atoms with van der Waals surface area (Å²) >= 11 is 6.14. The van der Waals surface area contributed by atoms with Gasteiger partial charge in [0.05, 0.1) is 12.3 Å². The molecule has 2 aliphatic heterocycles. The second-order valence-corrected chi connectivity index (χ2v) is 6.21. The number of anilines is 1. The monoisotopic (exact) mass is 294 g/mol. The molecule has 0 saturated carbocycles. The van der Waals surface area contributed by atoms with E-state index >= 15 is 0 Å². The summed E-state index contributed by atoms with van der Waals surface area (Å²) in [6.07, 6.45) is 4.87. The molecule has 1 aromatic rings. The van der Waals surface area contributed by atoms with E-state index in [1.807, 2.05) is 18.2 Å². The van der Waals surface area contributed by atoms with E-state index in [4.69, 9.17) is 16.3 Å². The molecule has 4 heteroatoms.